The van der Waals surface area contributed by atoms with Gasteiger partial charge in [-0.2, -0.15) is 0 Å². The largest absolute Gasteiger partial charge is 0.462 e. The molecule has 0 bridgehead atoms. The number of hydrogen-bond donors (Lipinski definition) is 0. The van der Waals surface area contributed by atoms with Crippen molar-refractivity contribution in [2.75, 3.05) is 6.61 Å². The van der Waals surface area contributed by atoms with E-state index in [1.807, 2.05) is 45.9 Å². The third kappa shape index (κ3) is 3.74. The summed E-state index contributed by atoms with van der Waals surface area (Å²) in [5, 5.41) is 0. The Morgan fingerprint density at radius 1 is 1.07 bits per heavy atom. The maximum absolute atomic E-state index is 11.1. The highest BCUT2D eigenvalue weighted by molar-refractivity contribution is 5.91. The number of benzene rings is 1. The molecule has 0 N–H and O–H groups in total. The van der Waals surface area contributed by atoms with Gasteiger partial charge in [-0.1, -0.05) is 45.9 Å². The van der Waals surface area contributed by atoms with Gasteiger partial charge in [-0.05, 0) is 11.6 Å². The topological polar surface area (TPSA) is 26.3 Å². The summed E-state index contributed by atoms with van der Waals surface area (Å²) in [7, 11) is 0. The number of carbonyl (C=O) groups is 1. The molecule has 0 atom stereocenters. The van der Waals surface area contributed by atoms with Crippen LogP contribution in [0.25, 0.3) is 0 Å². The fraction of sp³-hybridized carbons (Fsp3) is 0.462. The molecule has 1 heterocycles. The molecule has 0 radical (unpaired) electrons. The minimum Gasteiger partial charge on any atom is -0.462 e. The molecule has 2 heteroatoms. The molecule has 0 unspecified atom stereocenters. The molecule has 2 rings (SSSR count). The molecule has 2 nitrogen and oxygen atoms in total. The lowest BCUT2D eigenvalue weighted by atomic mass is 10.0. The van der Waals surface area contributed by atoms with Crippen LogP contribution in [0.5, 0.6) is 0 Å². The molecule has 0 amide bonds. The van der Waals surface area contributed by atoms with Gasteiger partial charge in [0.15, 0.2) is 0 Å². The van der Waals surface area contributed by atoms with Gasteiger partial charge in [0.2, 0.25) is 0 Å². The summed E-state index contributed by atoms with van der Waals surface area (Å²) >= 11 is 0. The standard InChI is InChI=1S/C9H8O2.2C2H6/c10-9-8-4-2-1-3-7(8)5-6-11-9;2*1-2/h1-4H,5-6H2;2*1-2H3. The lowest BCUT2D eigenvalue weighted by molar-refractivity contribution is 0.0480. The predicted molar refractivity (Wildman–Crippen MR) is 63.1 cm³/mol. The van der Waals surface area contributed by atoms with Crippen LogP contribution in [0.4, 0.5) is 0 Å². The summed E-state index contributed by atoms with van der Waals surface area (Å²) in [6, 6.07) is 7.56. The van der Waals surface area contributed by atoms with E-state index in [-0.39, 0.29) is 5.97 Å². The second-order valence-corrected chi connectivity index (χ2v) is 2.54. The first-order valence-corrected chi connectivity index (χ1v) is 5.63. The number of rotatable bonds is 0. The van der Waals surface area contributed by atoms with Crippen LogP contribution < -0.4 is 0 Å². The van der Waals surface area contributed by atoms with Gasteiger partial charge in [-0.3, -0.25) is 0 Å². The molecule has 0 aliphatic carbocycles. The Labute approximate surface area is 92.3 Å². The molecule has 1 aliphatic rings. The van der Waals surface area contributed by atoms with E-state index in [4.69, 9.17) is 4.74 Å². The van der Waals surface area contributed by atoms with Gasteiger partial charge in [0.1, 0.15) is 0 Å². The number of hydrogen-bond acceptors (Lipinski definition) is 2. The molecule has 0 spiro atoms. The Kier molecular flexibility index (Phi) is 7.33. The third-order valence-corrected chi connectivity index (χ3v) is 1.84. The molecular formula is C13H20O2. The Morgan fingerprint density at radius 2 is 1.67 bits per heavy atom. The van der Waals surface area contributed by atoms with E-state index in [1.54, 1.807) is 6.07 Å². The lowest BCUT2D eigenvalue weighted by Gasteiger charge is -2.14. The summed E-state index contributed by atoms with van der Waals surface area (Å²) in [5.74, 6) is -0.188. The van der Waals surface area contributed by atoms with E-state index < -0.39 is 0 Å². The van der Waals surface area contributed by atoms with Crippen LogP contribution in [0.15, 0.2) is 24.3 Å². The van der Waals surface area contributed by atoms with E-state index in [0.29, 0.717) is 6.61 Å². The van der Waals surface area contributed by atoms with Crippen molar-refractivity contribution in [3.05, 3.63) is 35.4 Å². The Balaban J connectivity index is 0.000000442. The Bertz CT molecular complexity index is 292. The first-order valence-electron chi connectivity index (χ1n) is 5.63. The van der Waals surface area contributed by atoms with Crippen molar-refractivity contribution >= 4 is 5.97 Å². The smallest absolute Gasteiger partial charge is 0.338 e. The van der Waals surface area contributed by atoms with Crippen molar-refractivity contribution < 1.29 is 9.53 Å². The van der Waals surface area contributed by atoms with Crippen LogP contribution in [-0.4, -0.2) is 12.6 Å². The van der Waals surface area contributed by atoms with Crippen LogP contribution in [0.2, 0.25) is 0 Å². The predicted octanol–water partition coefficient (Wildman–Crippen LogP) is 3.45. The van der Waals surface area contributed by atoms with Gasteiger partial charge in [0.05, 0.1) is 12.2 Å². The monoisotopic (exact) mass is 208 g/mol. The van der Waals surface area contributed by atoms with Crippen LogP contribution in [-0.2, 0) is 11.2 Å². The molecule has 1 aromatic carbocycles. The van der Waals surface area contributed by atoms with E-state index in [9.17, 15) is 4.79 Å². The Hall–Kier alpha value is -1.31. The van der Waals surface area contributed by atoms with Crippen LogP contribution in [0.1, 0.15) is 43.6 Å². The zero-order valence-corrected chi connectivity index (χ0v) is 10.0. The molecule has 0 aromatic heterocycles. The van der Waals surface area contributed by atoms with Crippen LogP contribution >= 0.6 is 0 Å². The van der Waals surface area contributed by atoms with Crippen molar-refractivity contribution in [1.82, 2.24) is 0 Å². The summed E-state index contributed by atoms with van der Waals surface area (Å²) < 4.78 is 4.87. The van der Waals surface area contributed by atoms with E-state index in [1.165, 1.54) is 0 Å². The second-order valence-electron chi connectivity index (χ2n) is 2.54. The van der Waals surface area contributed by atoms with Gasteiger partial charge in [-0.25, -0.2) is 4.79 Å². The molecule has 15 heavy (non-hydrogen) atoms. The molecule has 0 saturated heterocycles. The quantitative estimate of drug-likeness (QED) is 0.610. The zero-order valence-electron chi connectivity index (χ0n) is 10.0. The average Bonchev–Trinajstić information content (AvgIpc) is 2.35. The SMILES string of the molecule is CC.CC.O=C1OCCc2ccccc21. The number of fused-ring (bicyclic) bond motifs is 1. The van der Waals surface area contributed by atoms with E-state index >= 15 is 0 Å². The summed E-state index contributed by atoms with van der Waals surface area (Å²) in [6.07, 6.45) is 0.849. The normalized spacial score (nSPS) is 12.1. The summed E-state index contributed by atoms with van der Waals surface area (Å²) in [4.78, 5) is 11.1. The lowest BCUT2D eigenvalue weighted by Crippen LogP contribution is -2.16. The molecule has 0 fully saturated rings. The zero-order chi connectivity index (χ0) is 11.7. The highest BCUT2D eigenvalue weighted by Crippen LogP contribution is 2.15. The second kappa shape index (κ2) is 8.04. The first kappa shape index (κ1) is 13.7. The van der Waals surface area contributed by atoms with Crippen molar-refractivity contribution in [2.45, 2.75) is 34.1 Å². The molecule has 84 valence electrons. The molecule has 1 aromatic rings. The fourth-order valence-corrected chi connectivity index (χ4v) is 1.27. The van der Waals surface area contributed by atoms with Crippen molar-refractivity contribution in [3.8, 4) is 0 Å². The summed E-state index contributed by atoms with van der Waals surface area (Å²) in [5.41, 5.74) is 1.82. The minimum atomic E-state index is -0.188. The minimum absolute atomic E-state index is 0.188. The van der Waals surface area contributed by atoms with Crippen LogP contribution in [0, 0.1) is 0 Å². The van der Waals surface area contributed by atoms with Gasteiger partial charge in [-0.15, -0.1) is 0 Å². The van der Waals surface area contributed by atoms with E-state index in [0.717, 1.165) is 17.5 Å². The highest BCUT2D eigenvalue weighted by atomic mass is 16.5. The van der Waals surface area contributed by atoms with Crippen molar-refractivity contribution in [2.24, 2.45) is 0 Å². The number of carbonyl (C=O) groups excluding carboxylic acids is 1. The van der Waals surface area contributed by atoms with Gasteiger partial charge in [0, 0.05) is 6.42 Å². The number of ether oxygens (including phenoxy) is 1. The summed E-state index contributed by atoms with van der Waals surface area (Å²) in [6.45, 7) is 8.52. The molecule has 1 aliphatic heterocycles. The highest BCUT2D eigenvalue weighted by Gasteiger charge is 2.16. The van der Waals surface area contributed by atoms with Crippen molar-refractivity contribution in [1.29, 1.82) is 0 Å². The number of esters is 1. The van der Waals surface area contributed by atoms with Crippen molar-refractivity contribution in [3.63, 3.8) is 0 Å². The Morgan fingerprint density at radius 3 is 2.27 bits per heavy atom. The van der Waals surface area contributed by atoms with E-state index in [2.05, 4.69) is 0 Å². The van der Waals surface area contributed by atoms with Gasteiger partial charge >= 0.3 is 5.97 Å². The number of cyclic esters (lactones) is 1. The van der Waals surface area contributed by atoms with Gasteiger partial charge < -0.3 is 4.74 Å². The first-order chi connectivity index (χ1) is 7.38. The fourth-order valence-electron chi connectivity index (χ4n) is 1.27. The third-order valence-electron chi connectivity index (χ3n) is 1.84. The maximum Gasteiger partial charge on any atom is 0.338 e. The maximum atomic E-state index is 11.1. The average molecular weight is 208 g/mol. The van der Waals surface area contributed by atoms with Gasteiger partial charge in [0.25, 0.3) is 0 Å². The molecule has 0 saturated carbocycles. The molecular weight excluding hydrogens is 188 g/mol. The van der Waals surface area contributed by atoms with Crippen LogP contribution in [0.3, 0.4) is 0 Å².